The first kappa shape index (κ1) is 10.1. The molecule has 1 saturated heterocycles. The van der Waals surface area contributed by atoms with Crippen molar-refractivity contribution in [2.45, 2.75) is 30.5 Å². The number of rotatable bonds is 2. The molecule has 1 heterocycles. The van der Waals surface area contributed by atoms with Crippen LogP contribution in [0.15, 0.2) is 22.8 Å². The highest BCUT2D eigenvalue weighted by Gasteiger charge is 2.30. The van der Waals surface area contributed by atoms with Gasteiger partial charge >= 0.3 is 0 Å². The number of hydrogen-bond donors (Lipinski definition) is 1. The SMILES string of the molecule is CCC(Cl)C1NC2=CCC(=O)C=C2S1. The lowest BCUT2D eigenvalue weighted by molar-refractivity contribution is -0.113. The Labute approximate surface area is 92.8 Å². The highest BCUT2D eigenvalue weighted by atomic mass is 35.5. The van der Waals surface area contributed by atoms with Gasteiger partial charge in [0, 0.05) is 17.0 Å². The summed E-state index contributed by atoms with van der Waals surface area (Å²) in [5, 5.41) is 3.66. The van der Waals surface area contributed by atoms with Gasteiger partial charge in [-0.3, -0.25) is 4.79 Å². The van der Waals surface area contributed by atoms with Crippen LogP contribution in [0.25, 0.3) is 0 Å². The number of carbonyl (C=O) groups is 1. The Kier molecular flexibility index (Phi) is 2.88. The lowest BCUT2D eigenvalue weighted by Crippen LogP contribution is -2.27. The minimum atomic E-state index is 0.113. The van der Waals surface area contributed by atoms with Gasteiger partial charge in [0.2, 0.25) is 0 Å². The summed E-state index contributed by atoms with van der Waals surface area (Å²) in [6.07, 6.45) is 5.11. The van der Waals surface area contributed by atoms with Crippen molar-refractivity contribution in [2.75, 3.05) is 0 Å². The van der Waals surface area contributed by atoms with E-state index in [4.69, 9.17) is 11.6 Å². The van der Waals surface area contributed by atoms with E-state index in [1.807, 2.05) is 6.08 Å². The van der Waals surface area contributed by atoms with Gasteiger partial charge in [0.1, 0.15) is 0 Å². The number of fused-ring (bicyclic) bond motifs is 1. The van der Waals surface area contributed by atoms with E-state index in [2.05, 4.69) is 12.2 Å². The maximum absolute atomic E-state index is 11.2. The van der Waals surface area contributed by atoms with Crippen LogP contribution in [-0.4, -0.2) is 16.5 Å². The van der Waals surface area contributed by atoms with Crippen LogP contribution < -0.4 is 5.32 Å². The van der Waals surface area contributed by atoms with E-state index in [1.165, 1.54) is 0 Å². The minimum Gasteiger partial charge on any atom is -0.371 e. The van der Waals surface area contributed by atoms with Crippen LogP contribution in [-0.2, 0) is 4.79 Å². The van der Waals surface area contributed by atoms with Gasteiger partial charge in [0.15, 0.2) is 5.78 Å². The van der Waals surface area contributed by atoms with E-state index >= 15 is 0 Å². The third kappa shape index (κ3) is 1.84. The molecule has 0 aromatic heterocycles. The first-order chi connectivity index (χ1) is 6.70. The molecular weight excluding hydrogens is 218 g/mol. The summed E-state index contributed by atoms with van der Waals surface area (Å²) in [5.41, 5.74) is 1.08. The second-order valence-electron chi connectivity index (χ2n) is 3.40. The lowest BCUT2D eigenvalue weighted by Gasteiger charge is -2.14. The molecule has 0 amide bonds. The van der Waals surface area contributed by atoms with Gasteiger partial charge in [-0.05, 0) is 12.5 Å². The molecule has 76 valence electrons. The van der Waals surface area contributed by atoms with Crippen LogP contribution in [0.1, 0.15) is 19.8 Å². The first-order valence-electron chi connectivity index (χ1n) is 4.73. The molecule has 2 unspecified atom stereocenters. The monoisotopic (exact) mass is 229 g/mol. The minimum absolute atomic E-state index is 0.113. The van der Waals surface area contributed by atoms with Crippen molar-refractivity contribution in [3.63, 3.8) is 0 Å². The number of nitrogens with one attached hydrogen (secondary N) is 1. The molecule has 4 heteroatoms. The molecule has 1 aliphatic carbocycles. The van der Waals surface area contributed by atoms with Crippen molar-refractivity contribution in [1.29, 1.82) is 0 Å². The number of carbonyl (C=O) groups excluding carboxylic acids is 1. The van der Waals surface area contributed by atoms with Gasteiger partial charge in [-0.1, -0.05) is 24.8 Å². The number of allylic oxidation sites excluding steroid dienone is 2. The summed E-state index contributed by atoms with van der Waals surface area (Å²) < 4.78 is 0. The molecule has 2 rings (SSSR count). The Bertz CT molecular complexity index is 324. The van der Waals surface area contributed by atoms with Crippen LogP contribution >= 0.6 is 23.4 Å². The Morgan fingerprint density at radius 1 is 1.79 bits per heavy atom. The number of halogens is 1. The maximum Gasteiger partial charge on any atom is 0.160 e. The van der Waals surface area contributed by atoms with Crippen molar-refractivity contribution in [3.8, 4) is 0 Å². The van der Waals surface area contributed by atoms with E-state index in [0.717, 1.165) is 17.0 Å². The molecule has 0 radical (unpaired) electrons. The summed E-state index contributed by atoms with van der Waals surface area (Å²) in [7, 11) is 0. The third-order valence-corrected chi connectivity index (χ3v) is 4.34. The number of ketones is 1. The zero-order valence-electron chi connectivity index (χ0n) is 7.92. The number of hydrogen-bond acceptors (Lipinski definition) is 3. The number of thioether (sulfide) groups is 1. The molecule has 0 bridgehead atoms. The van der Waals surface area contributed by atoms with E-state index in [1.54, 1.807) is 17.8 Å². The zero-order chi connectivity index (χ0) is 10.1. The number of alkyl halides is 1. The fourth-order valence-electron chi connectivity index (χ4n) is 1.51. The molecule has 1 aliphatic heterocycles. The second-order valence-corrected chi connectivity index (χ2v) is 5.15. The Balaban J connectivity index is 2.13. The van der Waals surface area contributed by atoms with Crippen LogP contribution in [0.2, 0.25) is 0 Å². The van der Waals surface area contributed by atoms with Crippen molar-refractivity contribution < 1.29 is 4.79 Å². The molecule has 0 aromatic carbocycles. The predicted octanol–water partition coefficient (Wildman–Crippen LogP) is 2.41. The molecule has 0 aromatic rings. The summed E-state index contributed by atoms with van der Waals surface area (Å²) >= 11 is 7.81. The van der Waals surface area contributed by atoms with E-state index in [-0.39, 0.29) is 16.5 Å². The van der Waals surface area contributed by atoms with E-state index in [9.17, 15) is 4.79 Å². The standard InChI is InChI=1S/C10H12ClNOS/c1-2-7(11)10-12-8-4-3-6(13)5-9(8)14-10/h4-5,7,10,12H,2-3H2,1H3. The van der Waals surface area contributed by atoms with Gasteiger partial charge in [-0.2, -0.15) is 0 Å². The van der Waals surface area contributed by atoms with Gasteiger partial charge in [-0.15, -0.1) is 11.6 Å². The Morgan fingerprint density at radius 2 is 2.57 bits per heavy atom. The average molecular weight is 230 g/mol. The molecule has 14 heavy (non-hydrogen) atoms. The van der Waals surface area contributed by atoms with Crippen molar-refractivity contribution in [3.05, 3.63) is 22.8 Å². The van der Waals surface area contributed by atoms with Gasteiger partial charge in [0.25, 0.3) is 0 Å². The summed E-state index contributed by atoms with van der Waals surface area (Å²) in [6, 6.07) is 0. The van der Waals surface area contributed by atoms with E-state index < -0.39 is 0 Å². The van der Waals surface area contributed by atoms with Gasteiger partial charge in [0.05, 0.1) is 10.8 Å². The molecule has 1 fully saturated rings. The molecule has 2 atom stereocenters. The Morgan fingerprint density at radius 3 is 3.29 bits per heavy atom. The largest absolute Gasteiger partial charge is 0.371 e. The zero-order valence-corrected chi connectivity index (χ0v) is 9.49. The fraction of sp³-hybridized carbons (Fsp3) is 0.500. The first-order valence-corrected chi connectivity index (χ1v) is 6.04. The van der Waals surface area contributed by atoms with Crippen molar-refractivity contribution in [2.24, 2.45) is 0 Å². The summed E-state index contributed by atoms with van der Waals surface area (Å²) in [5.74, 6) is 0.182. The molecule has 0 spiro atoms. The Hall–Kier alpha value is -0.410. The van der Waals surface area contributed by atoms with Crippen LogP contribution in [0, 0.1) is 0 Å². The molecular formula is C10H12ClNOS. The van der Waals surface area contributed by atoms with Crippen molar-refractivity contribution >= 4 is 29.1 Å². The smallest absolute Gasteiger partial charge is 0.160 e. The normalized spacial score (nSPS) is 27.6. The quantitative estimate of drug-likeness (QED) is 0.738. The molecule has 0 saturated carbocycles. The molecule has 2 nitrogen and oxygen atoms in total. The summed E-state index contributed by atoms with van der Waals surface area (Å²) in [6.45, 7) is 2.07. The second kappa shape index (κ2) is 3.99. The highest BCUT2D eigenvalue weighted by Crippen LogP contribution is 2.39. The van der Waals surface area contributed by atoms with Gasteiger partial charge < -0.3 is 5.32 Å². The summed E-state index contributed by atoms with van der Waals surface area (Å²) in [4.78, 5) is 12.2. The lowest BCUT2D eigenvalue weighted by atomic mass is 10.1. The van der Waals surface area contributed by atoms with Crippen LogP contribution in [0.5, 0.6) is 0 Å². The predicted molar refractivity (Wildman–Crippen MR) is 60.2 cm³/mol. The van der Waals surface area contributed by atoms with Crippen molar-refractivity contribution in [1.82, 2.24) is 5.32 Å². The third-order valence-electron chi connectivity index (χ3n) is 2.34. The van der Waals surface area contributed by atoms with E-state index in [0.29, 0.717) is 6.42 Å². The van der Waals surface area contributed by atoms with Crippen LogP contribution in [0.3, 0.4) is 0 Å². The van der Waals surface area contributed by atoms with Gasteiger partial charge in [-0.25, -0.2) is 0 Å². The molecule has 1 N–H and O–H groups in total. The molecule has 2 aliphatic rings. The topological polar surface area (TPSA) is 29.1 Å². The maximum atomic E-state index is 11.2. The average Bonchev–Trinajstić information content (AvgIpc) is 2.59. The van der Waals surface area contributed by atoms with Crippen LogP contribution in [0.4, 0.5) is 0 Å². The fourth-order valence-corrected chi connectivity index (χ4v) is 3.00. The highest BCUT2D eigenvalue weighted by molar-refractivity contribution is 8.04.